The molecule has 1 aliphatic carbocycles. The van der Waals surface area contributed by atoms with Gasteiger partial charge in [0.1, 0.15) is 5.78 Å². The van der Waals surface area contributed by atoms with Crippen molar-refractivity contribution in [1.82, 2.24) is 0 Å². The van der Waals surface area contributed by atoms with Gasteiger partial charge in [0.05, 0.1) is 12.7 Å². The molecular formula is C22H38O5S. The van der Waals surface area contributed by atoms with Crippen LogP contribution in [0, 0.1) is 11.8 Å². The maximum absolute atomic E-state index is 12.6. The van der Waals surface area contributed by atoms with Gasteiger partial charge in [0.15, 0.2) is 0 Å². The Balaban J connectivity index is 2.54. The van der Waals surface area contributed by atoms with Crippen molar-refractivity contribution in [3.05, 3.63) is 12.2 Å². The highest BCUT2D eigenvalue weighted by Gasteiger charge is 2.40. The van der Waals surface area contributed by atoms with Crippen molar-refractivity contribution in [2.45, 2.75) is 88.9 Å². The zero-order valence-corrected chi connectivity index (χ0v) is 18.0. The summed E-state index contributed by atoms with van der Waals surface area (Å²) in [6, 6.07) is 0. The van der Waals surface area contributed by atoms with Crippen LogP contribution in [0.2, 0.25) is 0 Å². The number of allylic oxidation sites excluding steroid dienone is 1. The van der Waals surface area contributed by atoms with Crippen LogP contribution < -0.4 is 0 Å². The number of hydrogen-bond donors (Lipinski definition) is 3. The van der Waals surface area contributed by atoms with E-state index in [9.17, 15) is 14.7 Å². The molecule has 1 aliphatic rings. The topological polar surface area (TPSA) is 94.8 Å². The van der Waals surface area contributed by atoms with Crippen LogP contribution in [0.3, 0.4) is 0 Å². The molecule has 0 spiro atoms. The third-order valence-corrected chi connectivity index (χ3v) is 6.77. The molecule has 1 rings (SSSR count). The normalized spacial score (nSPS) is 23.5. The molecule has 3 N–H and O–H groups in total. The molecule has 1 saturated carbocycles. The van der Waals surface area contributed by atoms with Crippen LogP contribution in [0.5, 0.6) is 0 Å². The second-order valence-corrected chi connectivity index (χ2v) is 9.14. The highest BCUT2D eigenvalue weighted by atomic mass is 32.2. The van der Waals surface area contributed by atoms with Gasteiger partial charge in [0, 0.05) is 29.8 Å². The van der Waals surface area contributed by atoms with Gasteiger partial charge in [-0.05, 0) is 31.6 Å². The quantitative estimate of drug-likeness (QED) is 0.259. The minimum Gasteiger partial charge on any atom is -0.481 e. The Morgan fingerprint density at radius 2 is 2.00 bits per heavy atom. The minimum absolute atomic E-state index is 0.0136. The lowest BCUT2D eigenvalue weighted by molar-refractivity contribution is -0.137. The van der Waals surface area contributed by atoms with E-state index in [-0.39, 0.29) is 36.2 Å². The highest BCUT2D eigenvalue weighted by molar-refractivity contribution is 8.00. The predicted molar refractivity (Wildman–Crippen MR) is 115 cm³/mol. The highest BCUT2D eigenvalue weighted by Crippen LogP contribution is 2.40. The van der Waals surface area contributed by atoms with Crippen LogP contribution in [0.15, 0.2) is 12.2 Å². The molecule has 0 amide bonds. The smallest absolute Gasteiger partial charge is 0.303 e. The van der Waals surface area contributed by atoms with Gasteiger partial charge in [-0.2, -0.15) is 11.8 Å². The van der Waals surface area contributed by atoms with Crippen LogP contribution in [-0.2, 0) is 9.59 Å². The van der Waals surface area contributed by atoms with E-state index < -0.39 is 5.97 Å². The summed E-state index contributed by atoms with van der Waals surface area (Å²) >= 11 is 1.67. The molecule has 6 heteroatoms. The largest absolute Gasteiger partial charge is 0.481 e. The number of carboxylic acid groups (broad SMARTS) is 1. The van der Waals surface area contributed by atoms with E-state index in [1.165, 1.54) is 0 Å². The van der Waals surface area contributed by atoms with E-state index >= 15 is 0 Å². The van der Waals surface area contributed by atoms with Gasteiger partial charge in [0.2, 0.25) is 0 Å². The van der Waals surface area contributed by atoms with Crippen LogP contribution in [-0.4, -0.2) is 50.8 Å². The van der Waals surface area contributed by atoms with Crippen LogP contribution >= 0.6 is 11.8 Å². The zero-order chi connectivity index (χ0) is 20.8. The molecule has 1 fully saturated rings. The molecule has 0 radical (unpaired) electrons. The fourth-order valence-electron chi connectivity index (χ4n) is 3.89. The number of unbranched alkanes of at least 4 members (excludes halogenated alkanes) is 4. The molecule has 0 aromatic heterocycles. The maximum Gasteiger partial charge on any atom is 0.303 e. The fourth-order valence-corrected chi connectivity index (χ4v) is 5.08. The number of carbonyl (C=O) groups is 2. The second kappa shape index (κ2) is 15.1. The molecular weight excluding hydrogens is 376 g/mol. The number of Topliss-reactive ketones (excluding diaryl/α,β-unsaturated/α-hetero) is 1. The van der Waals surface area contributed by atoms with Crippen LogP contribution in [0.4, 0.5) is 0 Å². The summed E-state index contributed by atoms with van der Waals surface area (Å²) < 4.78 is 0. The summed E-state index contributed by atoms with van der Waals surface area (Å²) in [6.07, 6.45) is 12.5. The molecule has 0 unspecified atom stereocenters. The standard InChI is InChI=1S/C22H38O5S/c1-2-3-9-17(24)10-8-12-19-18(11-6-4-5-7-13-22(26)27)20(25)16-21(19)28-15-14-23/h8,12,17-19,21,23-24H,2-7,9-11,13-16H2,1H3,(H,26,27)/t17-,18+,19+,21-/m0/s1. The van der Waals surface area contributed by atoms with E-state index in [0.717, 1.165) is 44.9 Å². The van der Waals surface area contributed by atoms with Gasteiger partial charge in [-0.15, -0.1) is 0 Å². The summed E-state index contributed by atoms with van der Waals surface area (Å²) in [6.45, 7) is 2.23. The van der Waals surface area contributed by atoms with Crippen LogP contribution in [0.1, 0.15) is 77.6 Å². The van der Waals surface area contributed by atoms with Gasteiger partial charge >= 0.3 is 5.97 Å². The molecule has 0 aromatic carbocycles. The lowest BCUT2D eigenvalue weighted by Gasteiger charge is -2.20. The predicted octanol–water partition coefficient (Wildman–Crippen LogP) is 4.21. The molecule has 0 bridgehead atoms. The first kappa shape index (κ1) is 25.2. The van der Waals surface area contributed by atoms with E-state index in [1.54, 1.807) is 11.8 Å². The van der Waals surface area contributed by atoms with Gasteiger partial charge in [-0.3, -0.25) is 9.59 Å². The summed E-state index contributed by atoms with van der Waals surface area (Å²) in [5.74, 6) is 0.382. The third kappa shape index (κ3) is 10.1. The monoisotopic (exact) mass is 414 g/mol. The van der Waals surface area contributed by atoms with Crippen molar-refractivity contribution in [2.75, 3.05) is 12.4 Å². The average molecular weight is 415 g/mol. The first-order valence-corrected chi connectivity index (χ1v) is 11.9. The molecule has 0 heterocycles. The van der Waals surface area contributed by atoms with Gasteiger partial charge < -0.3 is 15.3 Å². The van der Waals surface area contributed by atoms with Gasteiger partial charge in [-0.25, -0.2) is 0 Å². The third-order valence-electron chi connectivity index (χ3n) is 5.45. The molecule has 162 valence electrons. The summed E-state index contributed by atoms with van der Waals surface area (Å²) in [4.78, 5) is 23.1. The van der Waals surface area contributed by atoms with Crippen molar-refractivity contribution in [2.24, 2.45) is 11.8 Å². The van der Waals surface area contributed by atoms with E-state index in [4.69, 9.17) is 10.2 Å². The Hall–Kier alpha value is -0.850. The summed E-state index contributed by atoms with van der Waals surface area (Å²) in [5, 5.41) is 28.1. The molecule has 0 aliphatic heterocycles. The molecule has 0 saturated heterocycles. The van der Waals surface area contributed by atoms with Crippen LogP contribution in [0.25, 0.3) is 0 Å². The van der Waals surface area contributed by atoms with Gasteiger partial charge in [0.25, 0.3) is 0 Å². The molecule has 4 atom stereocenters. The zero-order valence-electron chi connectivity index (χ0n) is 17.2. The molecule has 28 heavy (non-hydrogen) atoms. The average Bonchev–Trinajstić information content (AvgIpc) is 2.95. The molecule has 5 nitrogen and oxygen atoms in total. The Kier molecular flexibility index (Phi) is 13.5. The molecule has 0 aromatic rings. The first-order valence-electron chi connectivity index (χ1n) is 10.8. The Morgan fingerprint density at radius 1 is 1.25 bits per heavy atom. The SMILES string of the molecule is CCCC[C@H](O)CC=C[C@H]1[C@@H](SCCO)CC(=O)[C@@H]1CCCCCCC(=O)O. The number of aliphatic carboxylic acids is 1. The number of aliphatic hydroxyl groups excluding tert-OH is 2. The van der Waals surface area contributed by atoms with Crippen molar-refractivity contribution in [3.63, 3.8) is 0 Å². The van der Waals surface area contributed by atoms with E-state index in [1.807, 2.05) is 6.08 Å². The second-order valence-electron chi connectivity index (χ2n) is 7.79. The number of carbonyl (C=O) groups excluding carboxylic acids is 1. The lowest BCUT2D eigenvalue weighted by Crippen LogP contribution is -2.18. The summed E-state index contributed by atoms with van der Waals surface area (Å²) in [5.41, 5.74) is 0. The number of rotatable bonds is 16. The van der Waals surface area contributed by atoms with E-state index in [0.29, 0.717) is 30.8 Å². The van der Waals surface area contributed by atoms with Crippen molar-refractivity contribution >= 4 is 23.5 Å². The Morgan fingerprint density at radius 3 is 2.68 bits per heavy atom. The number of thioether (sulfide) groups is 1. The first-order chi connectivity index (χ1) is 13.5. The van der Waals surface area contributed by atoms with Gasteiger partial charge in [-0.1, -0.05) is 51.2 Å². The van der Waals surface area contributed by atoms with Crippen molar-refractivity contribution in [3.8, 4) is 0 Å². The number of aliphatic hydroxyl groups is 2. The lowest BCUT2D eigenvalue weighted by atomic mass is 9.89. The number of ketones is 1. The van der Waals surface area contributed by atoms with Crippen molar-refractivity contribution < 1.29 is 24.9 Å². The maximum atomic E-state index is 12.6. The Bertz CT molecular complexity index is 480. The fraction of sp³-hybridized carbons (Fsp3) is 0.818. The number of carboxylic acids is 1. The number of hydrogen-bond acceptors (Lipinski definition) is 5. The van der Waals surface area contributed by atoms with E-state index in [2.05, 4.69) is 13.0 Å². The summed E-state index contributed by atoms with van der Waals surface area (Å²) in [7, 11) is 0. The van der Waals surface area contributed by atoms with Crippen molar-refractivity contribution in [1.29, 1.82) is 0 Å². The minimum atomic E-state index is -0.749. The Labute approximate surface area is 174 Å².